The second-order valence-corrected chi connectivity index (χ2v) is 6.79. The third-order valence-corrected chi connectivity index (χ3v) is 4.93. The Balaban J connectivity index is 1.88. The summed E-state index contributed by atoms with van der Waals surface area (Å²) in [6.45, 7) is 0.424. The predicted molar refractivity (Wildman–Crippen MR) is 99.9 cm³/mol. The van der Waals surface area contributed by atoms with Gasteiger partial charge in [-0.15, -0.1) is 0 Å². The number of carbonyl (C=O) groups is 1. The summed E-state index contributed by atoms with van der Waals surface area (Å²) in [5.74, 6) is -0.0764. The molecule has 3 rings (SSSR count). The topological polar surface area (TPSA) is 71.8 Å². The monoisotopic (exact) mass is 376 g/mol. The molecule has 1 aromatic carbocycles. The molecule has 1 N–H and O–H groups in total. The van der Waals surface area contributed by atoms with E-state index in [1.54, 1.807) is 30.5 Å². The molecule has 26 heavy (non-hydrogen) atoms. The third kappa shape index (κ3) is 3.67. The quantitative estimate of drug-likeness (QED) is 0.839. The highest BCUT2D eigenvalue weighted by Gasteiger charge is 2.33. The van der Waals surface area contributed by atoms with Gasteiger partial charge in [0.1, 0.15) is 5.69 Å². The molecule has 1 aromatic heterocycles. The van der Waals surface area contributed by atoms with E-state index < -0.39 is 6.04 Å². The van der Waals surface area contributed by atoms with E-state index in [9.17, 15) is 14.7 Å². The van der Waals surface area contributed by atoms with E-state index in [2.05, 4.69) is 0 Å². The Bertz CT molecular complexity index is 834. The van der Waals surface area contributed by atoms with Gasteiger partial charge in [-0.25, -0.2) is 0 Å². The predicted octanol–water partition coefficient (Wildman–Crippen LogP) is 2.20. The zero-order chi connectivity index (χ0) is 18.7. The number of methoxy groups -OCH3 is 1. The van der Waals surface area contributed by atoms with Gasteiger partial charge in [0, 0.05) is 37.2 Å². The largest absolute Gasteiger partial charge is 0.394 e. The number of halogens is 1. The molecule has 1 fully saturated rings. The summed E-state index contributed by atoms with van der Waals surface area (Å²) in [4.78, 5) is 26.9. The van der Waals surface area contributed by atoms with Crippen LogP contribution in [0, 0.1) is 0 Å². The van der Waals surface area contributed by atoms with Gasteiger partial charge in [-0.05, 0) is 29.8 Å². The highest BCUT2D eigenvalue weighted by molar-refractivity contribution is 6.30. The lowest BCUT2D eigenvalue weighted by Crippen LogP contribution is -2.36. The van der Waals surface area contributed by atoms with Crippen LogP contribution in [0.15, 0.2) is 47.4 Å². The minimum atomic E-state index is -0.489. The number of hydrogen-bond acceptors (Lipinski definition) is 4. The van der Waals surface area contributed by atoms with Crippen molar-refractivity contribution < 1.29 is 14.6 Å². The van der Waals surface area contributed by atoms with Gasteiger partial charge in [0.25, 0.3) is 5.56 Å². The van der Waals surface area contributed by atoms with E-state index in [0.717, 1.165) is 5.56 Å². The summed E-state index contributed by atoms with van der Waals surface area (Å²) >= 11 is 5.93. The molecule has 0 spiro atoms. The fourth-order valence-electron chi connectivity index (χ4n) is 3.30. The number of aliphatic hydroxyl groups is 1. The van der Waals surface area contributed by atoms with Gasteiger partial charge >= 0.3 is 0 Å². The van der Waals surface area contributed by atoms with E-state index in [0.29, 0.717) is 23.7 Å². The molecule has 1 saturated heterocycles. The minimum absolute atomic E-state index is 0.0143. The molecule has 2 atom stereocenters. The van der Waals surface area contributed by atoms with E-state index in [1.165, 1.54) is 16.6 Å². The highest BCUT2D eigenvalue weighted by atomic mass is 35.5. The van der Waals surface area contributed by atoms with Crippen LogP contribution < -0.4 is 10.5 Å². The van der Waals surface area contributed by atoms with Crippen molar-refractivity contribution >= 4 is 23.2 Å². The second kappa shape index (κ2) is 8.03. The standard InChI is InChI=1S/C19H21ClN2O4/c1-26-12-16(11-23)21-8-2-3-17(19(21)25)22-10-14(9-18(22)24)13-4-6-15(20)7-5-13/h2-8,14,16,23H,9-12H2,1H3. The Morgan fingerprint density at radius 2 is 2.00 bits per heavy atom. The molecule has 6 nitrogen and oxygen atoms in total. The number of nitrogens with zero attached hydrogens (tertiary/aromatic N) is 2. The van der Waals surface area contributed by atoms with Crippen molar-refractivity contribution in [2.24, 2.45) is 0 Å². The summed E-state index contributed by atoms with van der Waals surface area (Å²) in [6.07, 6.45) is 1.94. The van der Waals surface area contributed by atoms with Crippen molar-refractivity contribution in [1.82, 2.24) is 4.57 Å². The molecule has 2 unspecified atom stereocenters. The highest BCUT2D eigenvalue weighted by Crippen LogP contribution is 2.31. The lowest BCUT2D eigenvalue weighted by molar-refractivity contribution is -0.117. The van der Waals surface area contributed by atoms with Crippen LogP contribution in [0.1, 0.15) is 23.9 Å². The van der Waals surface area contributed by atoms with Crippen molar-refractivity contribution in [3.8, 4) is 0 Å². The van der Waals surface area contributed by atoms with Crippen molar-refractivity contribution in [1.29, 1.82) is 0 Å². The maximum atomic E-state index is 12.8. The number of amides is 1. The number of aromatic nitrogens is 1. The maximum absolute atomic E-state index is 12.8. The number of benzene rings is 1. The molecule has 0 bridgehead atoms. The minimum Gasteiger partial charge on any atom is -0.394 e. The fourth-order valence-corrected chi connectivity index (χ4v) is 3.43. The van der Waals surface area contributed by atoms with Gasteiger partial charge in [0.15, 0.2) is 0 Å². The number of aliphatic hydroxyl groups excluding tert-OH is 1. The van der Waals surface area contributed by atoms with E-state index >= 15 is 0 Å². The van der Waals surface area contributed by atoms with Crippen LogP contribution in [0.5, 0.6) is 0 Å². The summed E-state index contributed by atoms with van der Waals surface area (Å²) in [5.41, 5.74) is 1.03. The maximum Gasteiger partial charge on any atom is 0.274 e. The first-order valence-electron chi connectivity index (χ1n) is 8.42. The number of carbonyl (C=O) groups excluding carboxylic acids is 1. The first-order valence-corrected chi connectivity index (χ1v) is 8.79. The van der Waals surface area contributed by atoms with Crippen molar-refractivity contribution in [2.45, 2.75) is 18.4 Å². The van der Waals surface area contributed by atoms with E-state index in [1.807, 2.05) is 12.1 Å². The lowest BCUT2D eigenvalue weighted by Gasteiger charge is -2.21. The summed E-state index contributed by atoms with van der Waals surface area (Å²) in [5, 5.41) is 10.2. The lowest BCUT2D eigenvalue weighted by atomic mass is 9.98. The summed E-state index contributed by atoms with van der Waals surface area (Å²) in [6, 6.07) is 10.3. The number of ether oxygens (including phenoxy) is 1. The van der Waals surface area contributed by atoms with Crippen LogP contribution >= 0.6 is 11.6 Å². The van der Waals surface area contributed by atoms with Crippen LogP contribution in [-0.2, 0) is 9.53 Å². The van der Waals surface area contributed by atoms with Crippen LogP contribution in [0.3, 0.4) is 0 Å². The molecule has 2 aromatic rings. The third-order valence-electron chi connectivity index (χ3n) is 4.67. The second-order valence-electron chi connectivity index (χ2n) is 6.35. The number of hydrogen-bond donors (Lipinski definition) is 1. The Hall–Kier alpha value is -2.15. The van der Waals surface area contributed by atoms with Crippen molar-refractivity contribution in [2.75, 3.05) is 31.8 Å². The van der Waals surface area contributed by atoms with Crippen LogP contribution in [0.2, 0.25) is 5.02 Å². The van der Waals surface area contributed by atoms with E-state index in [-0.39, 0.29) is 30.6 Å². The molecule has 138 valence electrons. The Labute approximate surface area is 156 Å². The van der Waals surface area contributed by atoms with Gasteiger partial charge in [0.05, 0.1) is 19.3 Å². The van der Waals surface area contributed by atoms with Gasteiger partial charge in [-0.3, -0.25) is 9.59 Å². The van der Waals surface area contributed by atoms with E-state index in [4.69, 9.17) is 16.3 Å². The fraction of sp³-hybridized carbons (Fsp3) is 0.368. The van der Waals surface area contributed by atoms with Crippen molar-refractivity contribution in [3.05, 3.63) is 63.5 Å². The first kappa shape index (κ1) is 18.6. The Kier molecular flexibility index (Phi) is 5.76. The van der Waals surface area contributed by atoms with Gasteiger partial charge in [0.2, 0.25) is 5.91 Å². The molecular formula is C19H21ClN2O4. The van der Waals surface area contributed by atoms with Gasteiger partial charge < -0.3 is 19.3 Å². The average molecular weight is 377 g/mol. The number of rotatable bonds is 6. The summed E-state index contributed by atoms with van der Waals surface area (Å²) < 4.78 is 6.48. The first-order chi connectivity index (χ1) is 12.5. The Morgan fingerprint density at radius 1 is 1.27 bits per heavy atom. The van der Waals surface area contributed by atoms with Crippen LogP contribution in [-0.4, -0.2) is 42.4 Å². The number of anilines is 1. The molecule has 7 heteroatoms. The molecule has 0 saturated carbocycles. The van der Waals surface area contributed by atoms with Gasteiger partial charge in [-0.2, -0.15) is 0 Å². The number of pyridine rings is 1. The molecule has 1 aliphatic heterocycles. The zero-order valence-corrected chi connectivity index (χ0v) is 15.2. The smallest absolute Gasteiger partial charge is 0.274 e. The van der Waals surface area contributed by atoms with Gasteiger partial charge in [-0.1, -0.05) is 23.7 Å². The normalized spacial score (nSPS) is 18.3. The SMILES string of the molecule is COCC(CO)n1cccc(N2CC(c3ccc(Cl)cc3)CC2=O)c1=O. The molecule has 1 amide bonds. The average Bonchev–Trinajstić information content (AvgIpc) is 3.02. The summed E-state index contributed by atoms with van der Waals surface area (Å²) in [7, 11) is 1.51. The molecule has 0 radical (unpaired) electrons. The molecule has 1 aliphatic rings. The molecular weight excluding hydrogens is 356 g/mol. The van der Waals surface area contributed by atoms with Crippen LogP contribution in [0.4, 0.5) is 5.69 Å². The molecule has 0 aliphatic carbocycles. The molecule has 2 heterocycles. The van der Waals surface area contributed by atoms with Crippen molar-refractivity contribution in [3.63, 3.8) is 0 Å². The Morgan fingerprint density at radius 3 is 2.65 bits per heavy atom. The zero-order valence-electron chi connectivity index (χ0n) is 14.5. The van der Waals surface area contributed by atoms with Crippen LogP contribution in [0.25, 0.3) is 0 Å².